The zero-order valence-corrected chi connectivity index (χ0v) is 16.9. The Kier molecular flexibility index (Phi) is 4.56. The molecule has 0 fully saturated rings. The molecule has 9 heteroatoms. The second kappa shape index (κ2) is 6.86. The fraction of sp³-hybridized carbons (Fsp3) is 0.286. The van der Waals surface area contributed by atoms with Crippen molar-refractivity contribution in [1.82, 2.24) is 19.3 Å². The van der Waals surface area contributed by atoms with Crippen LogP contribution < -0.4 is 11.0 Å². The number of nitrogens with one attached hydrogen (secondary N) is 1. The van der Waals surface area contributed by atoms with E-state index in [1.807, 2.05) is 19.1 Å². The molecule has 2 heterocycles. The molecule has 0 saturated heterocycles. The molecule has 0 bridgehead atoms. The molecule has 0 aliphatic carbocycles. The summed E-state index contributed by atoms with van der Waals surface area (Å²) >= 11 is 0. The molecule has 2 aromatic heterocycles. The third-order valence-corrected chi connectivity index (χ3v) is 5.42. The van der Waals surface area contributed by atoms with Crippen LogP contribution in [0.1, 0.15) is 29.8 Å². The number of aryl methyl sites for hydroxylation is 3. The molecule has 0 aliphatic rings. The Morgan fingerprint density at radius 2 is 1.63 bits per heavy atom. The van der Waals surface area contributed by atoms with Crippen molar-refractivity contribution < 1.29 is 13.2 Å². The van der Waals surface area contributed by atoms with Crippen LogP contribution in [0.2, 0.25) is 0 Å². The summed E-state index contributed by atoms with van der Waals surface area (Å²) in [6, 6.07) is 8.49. The fourth-order valence-corrected chi connectivity index (χ4v) is 3.65. The van der Waals surface area contributed by atoms with Crippen molar-refractivity contribution in [2.75, 3.05) is 5.32 Å². The summed E-state index contributed by atoms with van der Waals surface area (Å²) < 4.78 is 42.3. The minimum atomic E-state index is -4.41. The summed E-state index contributed by atoms with van der Waals surface area (Å²) in [5, 5.41) is 13.2. The summed E-state index contributed by atoms with van der Waals surface area (Å²) in [6.07, 6.45) is -4.41. The zero-order chi connectivity index (χ0) is 21.8. The van der Waals surface area contributed by atoms with Crippen molar-refractivity contribution >= 4 is 27.6 Å². The van der Waals surface area contributed by atoms with Crippen molar-refractivity contribution in [3.05, 3.63) is 63.7 Å². The van der Waals surface area contributed by atoms with Gasteiger partial charge < -0.3 is 5.32 Å². The molecule has 0 aliphatic heterocycles. The molecule has 0 saturated carbocycles. The molecule has 6 nitrogen and oxygen atoms in total. The summed E-state index contributed by atoms with van der Waals surface area (Å²) in [7, 11) is 3.39. The largest absolute Gasteiger partial charge is 0.416 e. The Morgan fingerprint density at radius 1 is 1.00 bits per heavy atom. The average Bonchev–Trinajstić information content (AvgIpc) is 2.92. The first-order valence-electron chi connectivity index (χ1n) is 9.34. The molecule has 0 amide bonds. The van der Waals surface area contributed by atoms with E-state index < -0.39 is 17.8 Å². The topological polar surface area (TPSA) is 64.7 Å². The summed E-state index contributed by atoms with van der Waals surface area (Å²) in [4.78, 5) is 12.3. The van der Waals surface area contributed by atoms with E-state index in [0.29, 0.717) is 17.1 Å². The third-order valence-electron chi connectivity index (χ3n) is 5.42. The van der Waals surface area contributed by atoms with Crippen molar-refractivity contribution in [2.24, 2.45) is 14.1 Å². The Morgan fingerprint density at radius 3 is 2.27 bits per heavy atom. The van der Waals surface area contributed by atoms with Gasteiger partial charge in [-0.05, 0) is 43.7 Å². The number of nitrogens with zero attached hydrogens (tertiary/aromatic N) is 4. The van der Waals surface area contributed by atoms with Crippen LogP contribution in [0.15, 0.2) is 41.2 Å². The smallest absolute Gasteiger partial charge is 0.362 e. The lowest BCUT2D eigenvalue weighted by molar-refractivity contribution is -0.137. The third kappa shape index (κ3) is 3.20. The maximum Gasteiger partial charge on any atom is 0.416 e. The van der Waals surface area contributed by atoms with Gasteiger partial charge in [-0.2, -0.15) is 18.3 Å². The van der Waals surface area contributed by atoms with E-state index >= 15 is 0 Å². The number of imidazole rings is 1. The van der Waals surface area contributed by atoms with Crippen LogP contribution in [0.4, 0.5) is 19.0 Å². The van der Waals surface area contributed by atoms with Crippen molar-refractivity contribution in [2.45, 2.75) is 26.1 Å². The van der Waals surface area contributed by atoms with Gasteiger partial charge in [-0.1, -0.05) is 12.1 Å². The van der Waals surface area contributed by atoms with Crippen molar-refractivity contribution in [1.29, 1.82) is 0 Å². The molecule has 4 rings (SSSR count). The average molecular weight is 415 g/mol. The van der Waals surface area contributed by atoms with Gasteiger partial charge in [0.15, 0.2) is 5.82 Å². The monoisotopic (exact) mass is 415 g/mol. The number of alkyl halides is 3. The molecule has 0 radical (unpaired) electrons. The van der Waals surface area contributed by atoms with Crippen LogP contribution in [0, 0.1) is 6.92 Å². The molecule has 156 valence electrons. The van der Waals surface area contributed by atoms with Gasteiger partial charge in [-0.3, -0.25) is 9.13 Å². The number of halogens is 3. The first-order chi connectivity index (χ1) is 14.1. The minimum absolute atomic E-state index is 0.147. The van der Waals surface area contributed by atoms with E-state index in [4.69, 9.17) is 0 Å². The minimum Gasteiger partial charge on any atom is -0.362 e. The Labute approximate surface area is 170 Å². The van der Waals surface area contributed by atoms with E-state index in [0.717, 1.165) is 33.9 Å². The predicted molar refractivity (Wildman–Crippen MR) is 109 cm³/mol. The fourth-order valence-electron chi connectivity index (χ4n) is 3.65. The lowest BCUT2D eigenvalue weighted by Gasteiger charge is -2.18. The van der Waals surface area contributed by atoms with Gasteiger partial charge in [0, 0.05) is 24.9 Å². The number of anilines is 1. The van der Waals surface area contributed by atoms with Crippen LogP contribution in [0.5, 0.6) is 0 Å². The molecule has 1 atom stereocenters. The van der Waals surface area contributed by atoms with Gasteiger partial charge in [0.2, 0.25) is 0 Å². The second-order valence-electron chi connectivity index (χ2n) is 7.41. The number of hydrogen-bond donors (Lipinski definition) is 1. The van der Waals surface area contributed by atoms with Crippen molar-refractivity contribution in [3.63, 3.8) is 0 Å². The van der Waals surface area contributed by atoms with E-state index in [1.54, 1.807) is 36.2 Å². The number of fused-ring (bicyclic) bond motifs is 2. The number of benzene rings is 2. The van der Waals surface area contributed by atoms with Crippen LogP contribution in [-0.2, 0) is 20.3 Å². The lowest BCUT2D eigenvalue weighted by atomic mass is 10.0. The Bertz CT molecular complexity index is 1340. The first kappa shape index (κ1) is 19.9. The molecule has 2 aromatic carbocycles. The highest BCUT2D eigenvalue weighted by atomic mass is 19.4. The van der Waals surface area contributed by atoms with Gasteiger partial charge in [0.1, 0.15) is 0 Å². The predicted octanol–water partition coefficient (Wildman–Crippen LogP) is 4.32. The summed E-state index contributed by atoms with van der Waals surface area (Å²) in [5.74, 6) is 0.443. The molecule has 4 aromatic rings. The maximum absolute atomic E-state index is 13.1. The summed E-state index contributed by atoms with van der Waals surface area (Å²) in [5.41, 5.74) is 1.83. The van der Waals surface area contributed by atoms with Crippen LogP contribution in [0.3, 0.4) is 0 Å². The number of rotatable bonds is 3. The Hall–Kier alpha value is -3.36. The molecular weight excluding hydrogens is 395 g/mol. The van der Waals surface area contributed by atoms with E-state index in [-0.39, 0.29) is 5.69 Å². The normalized spacial score (nSPS) is 13.2. The van der Waals surface area contributed by atoms with E-state index in [9.17, 15) is 18.0 Å². The SMILES string of the molecule is Cc1nnc(N[C@H](C)c2cccc(C(F)(F)F)c2)c2cc3c(cc12)n(C)c(=O)n3C. The van der Waals surface area contributed by atoms with Gasteiger partial charge >= 0.3 is 11.9 Å². The molecule has 1 N–H and O–H groups in total. The molecular formula is C21H20F3N5O. The molecule has 0 spiro atoms. The van der Waals surface area contributed by atoms with Gasteiger partial charge in [0.25, 0.3) is 0 Å². The Balaban J connectivity index is 1.81. The summed E-state index contributed by atoms with van der Waals surface area (Å²) in [6.45, 7) is 3.59. The quantitative estimate of drug-likeness (QED) is 0.541. The van der Waals surface area contributed by atoms with Crippen LogP contribution in [-0.4, -0.2) is 19.3 Å². The highest BCUT2D eigenvalue weighted by Gasteiger charge is 2.30. The number of aromatic nitrogens is 4. The van der Waals surface area contributed by atoms with E-state index in [2.05, 4.69) is 15.5 Å². The molecule has 0 unspecified atom stereocenters. The van der Waals surface area contributed by atoms with Crippen LogP contribution in [0.25, 0.3) is 21.8 Å². The maximum atomic E-state index is 13.1. The highest BCUT2D eigenvalue weighted by molar-refractivity contribution is 6.01. The van der Waals surface area contributed by atoms with Crippen LogP contribution >= 0.6 is 0 Å². The van der Waals surface area contributed by atoms with E-state index in [1.165, 1.54) is 6.07 Å². The van der Waals surface area contributed by atoms with Gasteiger partial charge in [0.05, 0.1) is 28.3 Å². The standard InChI is InChI=1S/C21H20F3N5O/c1-11(13-6-5-7-14(8-13)21(22,23)24)25-19-16-10-18-17(28(3)20(30)29(18)4)9-15(16)12(2)26-27-19/h5-11H,1-4H3,(H,25,27)/t11-/m1/s1. The molecule has 30 heavy (non-hydrogen) atoms. The number of hydrogen-bond acceptors (Lipinski definition) is 4. The second-order valence-corrected chi connectivity index (χ2v) is 7.41. The zero-order valence-electron chi connectivity index (χ0n) is 16.9. The first-order valence-corrected chi connectivity index (χ1v) is 9.34. The highest BCUT2D eigenvalue weighted by Crippen LogP contribution is 2.33. The van der Waals surface area contributed by atoms with Crippen molar-refractivity contribution in [3.8, 4) is 0 Å². The van der Waals surface area contributed by atoms with Gasteiger partial charge in [-0.15, -0.1) is 5.10 Å². The van der Waals surface area contributed by atoms with Gasteiger partial charge in [-0.25, -0.2) is 4.79 Å². The lowest BCUT2D eigenvalue weighted by Crippen LogP contribution is -2.19.